The van der Waals surface area contributed by atoms with E-state index in [1.54, 1.807) is 13.3 Å². The average Bonchev–Trinajstić information content (AvgIpc) is 3.46. The zero-order valence-corrected chi connectivity index (χ0v) is 23.5. The number of carbonyl (C=O) groups is 1. The van der Waals surface area contributed by atoms with Crippen LogP contribution in [0.1, 0.15) is 41.6 Å². The van der Waals surface area contributed by atoms with E-state index < -0.39 is 5.82 Å². The molecule has 42 heavy (non-hydrogen) atoms. The average molecular weight is 575 g/mol. The molecule has 2 aliphatic rings. The van der Waals surface area contributed by atoms with Crippen molar-refractivity contribution in [2.45, 2.75) is 31.7 Å². The molecule has 11 heteroatoms. The number of aliphatic hydroxyl groups excluding tert-OH is 1. The van der Waals surface area contributed by atoms with Crippen molar-refractivity contribution in [3.8, 4) is 5.75 Å². The zero-order valence-electron chi connectivity index (χ0n) is 23.5. The number of aromatic nitrogens is 3. The Morgan fingerprint density at radius 3 is 2.60 bits per heavy atom. The minimum Gasteiger partial charge on any atom is -0.494 e. The van der Waals surface area contributed by atoms with Crippen LogP contribution in [0.2, 0.25) is 0 Å². The molecule has 0 bridgehead atoms. The number of rotatable bonds is 9. The van der Waals surface area contributed by atoms with Gasteiger partial charge in [0, 0.05) is 49.3 Å². The molecule has 10 nitrogen and oxygen atoms in total. The molecule has 0 amide bonds. The summed E-state index contributed by atoms with van der Waals surface area (Å²) >= 11 is 0. The van der Waals surface area contributed by atoms with Crippen molar-refractivity contribution >= 4 is 40.0 Å². The van der Waals surface area contributed by atoms with Crippen LogP contribution in [0.15, 0.2) is 48.7 Å². The lowest BCUT2D eigenvalue weighted by Gasteiger charge is -2.29. The van der Waals surface area contributed by atoms with E-state index in [-0.39, 0.29) is 18.4 Å². The second-order valence-electron chi connectivity index (χ2n) is 10.8. The summed E-state index contributed by atoms with van der Waals surface area (Å²) in [5, 5.41) is 17.0. The van der Waals surface area contributed by atoms with Crippen LogP contribution < -0.4 is 20.3 Å². The molecule has 0 atom stereocenters. The summed E-state index contributed by atoms with van der Waals surface area (Å²) in [6, 6.07) is 11.6. The summed E-state index contributed by atoms with van der Waals surface area (Å²) in [7, 11) is 1.63. The molecule has 1 saturated carbocycles. The number of fused-ring (bicyclic) bond motifs is 1. The standard InChI is InChI=1S/C31H35FN6O4/c1-41-26-16-23(38-12-14-42-15-13-38)10-11-25(26)35-31-36-29-27(30(37-31)34-22-8-2-19(18-39)3-9-22)24(17-33-29)28(40)20-4-6-21(32)7-5-20/h4-7,10-11,16-17,19,22,39H,2-3,8-9,12-15,18H2,1H3,(H3,33,34,35,36,37). The Balaban J connectivity index is 1.34. The van der Waals surface area contributed by atoms with Crippen molar-refractivity contribution in [2.75, 3.05) is 55.6 Å². The number of morpholine rings is 1. The highest BCUT2D eigenvalue weighted by molar-refractivity contribution is 6.18. The van der Waals surface area contributed by atoms with Crippen molar-refractivity contribution in [2.24, 2.45) is 5.92 Å². The van der Waals surface area contributed by atoms with Crippen molar-refractivity contribution < 1.29 is 23.8 Å². The van der Waals surface area contributed by atoms with Gasteiger partial charge < -0.3 is 35.1 Å². The predicted molar refractivity (Wildman–Crippen MR) is 159 cm³/mol. The van der Waals surface area contributed by atoms with E-state index >= 15 is 0 Å². The summed E-state index contributed by atoms with van der Waals surface area (Å²) in [5.41, 5.74) is 3.03. The number of aromatic amines is 1. The molecular weight excluding hydrogens is 539 g/mol. The molecule has 6 rings (SSSR count). The summed E-state index contributed by atoms with van der Waals surface area (Å²) in [6.45, 7) is 3.21. The van der Waals surface area contributed by atoms with Gasteiger partial charge >= 0.3 is 0 Å². The fourth-order valence-electron chi connectivity index (χ4n) is 5.73. The molecule has 1 saturated heterocycles. The van der Waals surface area contributed by atoms with Crippen LogP contribution in [0.25, 0.3) is 11.0 Å². The number of nitrogens with one attached hydrogen (secondary N) is 3. The molecule has 1 aliphatic heterocycles. The Bertz CT molecular complexity index is 1550. The number of halogens is 1. The van der Waals surface area contributed by atoms with Crippen LogP contribution >= 0.6 is 0 Å². The minimum atomic E-state index is -0.404. The van der Waals surface area contributed by atoms with Gasteiger partial charge in [0.05, 0.1) is 37.0 Å². The summed E-state index contributed by atoms with van der Waals surface area (Å²) in [6.07, 6.45) is 5.20. The number of H-pyrrole nitrogens is 1. The number of methoxy groups -OCH3 is 1. The van der Waals surface area contributed by atoms with E-state index in [0.29, 0.717) is 64.5 Å². The number of ether oxygens (including phenoxy) is 2. The van der Waals surface area contributed by atoms with Gasteiger partial charge in [0.25, 0.3) is 0 Å². The van der Waals surface area contributed by atoms with Gasteiger partial charge in [-0.3, -0.25) is 4.79 Å². The van der Waals surface area contributed by atoms with Crippen LogP contribution in [-0.4, -0.2) is 71.9 Å². The molecule has 0 radical (unpaired) electrons. The Morgan fingerprint density at radius 2 is 1.88 bits per heavy atom. The molecule has 4 aromatic rings. The smallest absolute Gasteiger partial charge is 0.231 e. The van der Waals surface area contributed by atoms with Crippen LogP contribution in [0.3, 0.4) is 0 Å². The molecule has 220 valence electrons. The first-order chi connectivity index (χ1) is 20.5. The normalized spacial score (nSPS) is 19.1. The summed E-state index contributed by atoms with van der Waals surface area (Å²) in [4.78, 5) is 28.4. The van der Waals surface area contributed by atoms with Crippen molar-refractivity contribution in [3.63, 3.8) is 0 Å². The summed E-state index contributed by atoms with van der Waals surface area (Å²) < 4.78 is 24.7. The van der Waals surface area contributed by atoms with Crippen LogP contribution in [0.5, 0.6) is 5.75 Å². The van der Waals surface area contributed by atoms with E-state index in [9.17, 15) is 14.3 Å². The maximum atomic E-state index is 13.5. The third kappa shape index (κ3) is 5.88. The summed E-state index contributed by atoms with van der Waals surface area (Å²) in [5.74, 6) is 1.18. The quantitative estimate of drug-likeness (QED) is 0.207. The molecule has 4 N–H and O–H groups in total. The Labute approximate surface area is 243 Å². The minimum absolute atomic E-state index is 0.129. The SMILES string of the molecule is COc1cc(N2CCOCC2)ccc1Nc1nc(NC2CCC(CO)CC2)c2c(C(=O)c3ccc(F)cc3)c[nH]c2n1. The largest absolute Gasteiger partial charge is 0.494 e. The van der Waals surface area contributed by atoms with Crippen LogP contribution in [-0.2, 0) is 4.74 Å². The van der Waals surface area contributed by atoms with Gasteiger partial charge in [-0.2, -0.15) is 9.97 Å². The molecule has 2 fully saturated rings. The van der Waals surface area contributed by atoms with Gasteiger partial charge in [0.15, 0.2) is 5.78 Å². The van der Waals surface area contributed by atoms with Crippen molar-refractivity contribution in [3.05, 3.63) is 65.6 Å². The number of hydrogen-bond acceptors (Lipinski definition) is 9. The lowest BCUT2D eigenvalue weighted by atomic mass is 9.86. The fourth-order valence-corrected chi connectivity index (χ4v) is 5.73. The number of aliphatic hydroxyl groups is 1. The Hall–Kier alpha value is -4.22. The topological polar surface area (TPSA) is 125 Å². The molecule has 2 aromatic heterocycles. The van der Waals surface area contributed by atoms with Crippen LogP contribution in [0, 0.1) is 11.7 Å². The van der Waals surface area contributed by atoms with E-state index in [4.69, 9.17) is 19.4 Å². The van der Waals surface area contributed by atoms with E-state index in [0.717, 1.165) is 44.5 Å². The number of hydrogen-bond donors (Lipinski definition) is 4. The van der Waals surface area contributed by atoms with Crippen molar-refractivity contribution in [1.29, 1.82) is 0 Å². The predicted octanol–water partition coefficient (Wildman–Crippen LogP) is 4.88. The maximum Gasteiger partial charge on any atom is 0.231 e. The first kappa shape index (κ1) is 27.9. The van der Waals surface area contributed by atoms with E-state index in [1.165, 1.54) is 24.3 Å². The molecule has 3 heterocycles. The van der Waals surface area contributed by atoms with Gasteiger partial charge in [0.2, 0.25) is 5.95 Å². The fraction of sp³-hybridized carbons (Fsp3) is 0.387. The second-order valence-corrected chi connectivity index (χ2v) is 10.8. The number of nitrogens with zero attached hydrogens (tertiary/aromatic N) is 3. The molecule has 2 aromatic carbocycles. The van der Waals surface area contributed by atoms with Gasteiger partial charge in [0.1, 0.15) is 23.0 Å². The third-order valence-corrected chi connectivity index (χ3v) is 8.14. The lowest BCUT2D eigenvalue weighted by molar-refractivity contribution is 0.104. The highest BCUT2D eigenvalue weighted by Gasteiger charge is 2.25. The highest BCUT2D eigenvalue weighted by atomic mass is 19.1. The van der Waals surface area contributed by atoms with Crippen molar-refractivity contribution in [1.82, 2.24) is 15.0 Å². The molecular formula is C31H35FN6O4. The maximum absolute atomic E-state index is 13.5. The number of anilines is 4. The molecule has 0 spiro atoms. The Kier molecular flexibility index (Phi) is 8.20. The van der Waals surface area contributed by atoms with Gasteiger partial charge in [-0.1, -0.05) is 0 Å². The van der Waals surface area contributed by atoms with Gasteiger partial charge in [-0.15, -0.1) is 0 Å². The van der Waals surface area contributed by atoms with E-state index in [1.807, 2.05) is 18.2 Å². The number of benzene rings is 2. The third-order valence-electron chi connectivity index (χ3n) is 8.14. The van der Waals surface area contributed by atoms with Gasteiger partial charge in [-0.25, -0.2) is 4.39 Å². The number of ketones is 1. The first-order valence-electron chi connectivity index (χ1n) is 14.4. The monoisotopic (exact) mass is 574 g/mol. The second kappa shape index (κ2) is 12.3. The van der Waals surface area contributed by atoms with E-state index in [2.05, 4.69) is 20.5 Å². The lowest BCUT2D eigenvalue weighted by Crippen LogP contribution is -2.36. The first-order valence-corrected chi connectivity index (χ1v) is 14.4. The molecule has 0 unspecified atom stereocenters. The molecule has 1 aliphatic carbocycles. The highest BCUT2D eigenvalue weighted by Crippen LogP contribution is 2.35. The Morgan fingerprint density at radius 1 is 1.12 bits per heavy atom. The number of carbonyl (C=O) groups excluding carboxylic acids is 1. The zero-order chi connectivity index (χ0) is 29.1. The van der Waals surface area contributed by atoms with Gasteiger partial charge in [-0.05, 0) is 68.0 Å². The van der Waals surface area contributed by atoms with Crippen LogP contribution in [0.4, 0.5) is 27.5 Å².